The zero-order valence-corrected chi connectivity index (χ0v) is 24.9. The van der Waals surface area contributed by atoms with Crippen LogP contribution >= 0.6 is 11.6 Å². The maximum atomic E-state index is 14.5. The van der Waals surface area contributed by atoms with E-state index in [0.29, 0.717) is 22.7 Å². The number of hydrogen-bond acceptors (Lipinski definition) is 7. The number of cyclic esters (lactones) is 1. The van der Waals surface area contributed by atoms with Crippen molar-refractivity contribution in [3.8, 4) is 0 Å². The molecule has 0 radical (unpaired) electrons. The number of β-amino-alcohol motifs (C(OH)–C–C–N with tert-alkyl or cyclic N) is 1. The van der Waals surface area contributed by atoms with Gasteiger partial charge in [0.25, 0.3) is 5.91 Å². The van der Waals surface area contributed by atoms with Crippen LogP contribution in [0.4, 0.5) is 5.69 Å². The Morgan fingerprint density at radius 3 is 2.50 bits per heavy atom. The molecule has 2 fully saturated rings. The van der Waals surface area contributed by atoms with Crippen LogP contribution in [0.3, 0.4) is 0 Å². The molecule has 6 rings (SSSR count). The fourth-order valence-electron chi connectivity index (χ4n) is 6.88. The minimum Gasteiger partial charge on any atom is -0.455 e. The molecule has 44 heavy (non-hydrogen) atoms. The lowest BCUT2D eigenvalue weighted by Gasteiger charge is -2.35. The first kappa shape index (κ1) is 30.1. The summed E-state index contributed by atoms with van der Waals surface area (Å²) in [5.74, 6) is -3.83. The number of esters is 1. The van der Waals surface area contributed by atoms with Gasteiger partial charge < -0.3 is 29.7 Å². The Kier molecular flexibility index (Phi) is 8.32. The minimum atomic E-state index is -1.43. The third kappa shape index (κ3) is 5.21. The predicted molar refractivity (Wildman–Crippen MR) is 161 cm³/mol. The second-order valence-corrected chi connectivity index (χ2v) is 12.0. The predicted octanol–water partition coefficient (Wildman–Crippen LogP) is 2.96. The van der Waals surface area contributed by atoms with Gasteiger partial charge >= 0.3 is 5.97 Å². The van der Waals surface area contributed by atoms with Crippen molar-refractivity contribution < 1.29 is 33.8 Å². The number of carbonyl (C=O) groups excluding carboxylic acids is 4. The Morgan fingerprint density at radius 1 is 1.02 bits per heavy atom. The number of halogens is 1. The van der Waals surface area contributed by atoms with Crippen LogP contribution < -0.4 is 10.2 Å². The first-order valence-corrected chi connectivity index (χ1v) is 15.2. The fourth-order valence-corrected chi connectivity index (χ4v) is 7.00. The highest BCUT2D eigenvalue weighted by Crippen LogP contribution is 2.56. The molecule has 0 aromatic heterocycles. The van der Waals surface area contributed by atoms with Crippen LogP contribution in [0.2, 0.25) is 5.02 Å². The van der Waals surface area contributed by atoms with Gasteiger partial charge in [0.05, 0.1) is 24.7 Å². The second kappa shape index (κ2) is 12.2. The highest BCUT2D eigenvalue weighted by atomic mass is 35.5. The number of aliphatic hydroxyl groups is 1. The monoisotopic (exact) mass is 619 g/mol. The number of allylic oxidation sites excluding steroid dienone is 1. The van der Waals surface area contributed by atoms with Crippen LogP contribution in [0.1, 0.15) is 31.4 Å². The van der Waals surface area contributed by atoms with Crippen molar-refractivity contribution in [2.45, 2.75) is 49.7 Å². The summed E-state index contributed by atoms with van der Waals surface area (Å²) in [6, 6.07) is 14.1. The summed E-state index contributed by atoms with van der Waals surface area (Å²) in [4.78, 5) is 58.4. The first-order valence-electron chi connectivity index (χ1n) is 14.8. The third-order valence-electron chi connectivity index (χ3n) is 8.83. The number of hydrogen-bond donors (Lipinski definition) is 2. The Bertz CT molecular complexity index is 1500. The number of amides is 3. The van der Waals surface area contributed by atoms with Gasteiger partial charge in [-0.25, -0.2) is 0 Å². The molecule has 2 aromatic carbocycles. The van der Waals surface area contributed by atoms with E-state index in [9.17, 15) is 24.3 Å². The molecule has 2 saturated heterocycles. The van der Waals surface area contributed by atoms with Crippen LogP contribution in [0, 0.1) is 11.8 Å². The van der Waals surface area contributed by atoms with Crippen molar-refractivity contribution >= 4 is 41.0 Å². The van der Waals surface area contributed by atoms with Crippen molar-refractivity contribution in [2.75, 3.05) is 24.6 Å². The SMILES string of the molecule is C[C@@H]1NC(=O)CC/C=C\CN(c2ccc(Cl)cc2)C(=O)[C@H]2N(CCO)C(=O)[C@@H]3[C@@H](C(=O)O[C@H]1c1ccccc1)[C@H]1C=C[C@]32O1. The van der Waals surface area contributed by atoms with Gasteiger partial charge in [0.1, 0.15) is 23.7 Å². The maximum Gasteiger partial charge on any atom is 0.313 e. The van der Waals surface area contributed by atoms with E-state index in [1.54, 1.807) is 49.4 Å². The molecule has 11 heteroatoms. The maximum absolute atomic E-state index is 14.5. The smallest absolute Gasteiger partial charge is 0.313 e. The van der Waals surface area contributed by atoms with Crippen LogP contribution in [0.5, 0.6) is 0 Å². The van der Waals surface area contributed by atoms with Crippen LogP contribution in [0.15, 0.2) is 78.9 Å². The zero-order valence-electron chi connectivity index (χ0n) is 24.2. The number of benzene rings is 2. The van der Waals surface area contributed by atoms with Crippen LogP contribution in [0.25, 0.3) is 0 Å². The lowest BCUT2D eigenvalue weighted by molar-refractivity contribution is -0.161. The van der Waals surface area contributed by atoms with Crippen molar-refractivity contribution in [1.82, 2.24) is 10.2 Å². The number of likely N-dealkylation sites (tertiary alicyclic amines) is 1. The normalized spacial score (nSPS) is 32.9. The van der Waals surface area contributed by atoms with Gasteiger partial charge in [0.2, 0.25) is 11.8 Å². The summed E-state index contributed by atoms with van der Waals surface area (Å²) in [5.41, 5.74) is -0.197. The van der Waals surface area contributed by atoms with Crippen LogP contribution in [-0.2, 0) is 28.7 Å². The van der Waals surface area contributed by atoms with Gasteiger partial charge in [0.15, 0.2) is 0 Å². The van der Waals surface area contributed by atoms with Gasteiger partial charge in [0, 0.05) is 30.2 Å². The molecule has 0 aliphatic carbocycles. The third-order valence-corrected chi connectivity index (χ3v) is 9.08. The number of carbonyl (C=O) groups is 4. The summed E-state index contributed by atoms with van der Waals surface area (Å²) in [6.45, 7) is 1.42. The quantitative estimate of drug-likeness (QED) is 0.398. The molecule has 4 aliphatic heterocycles. The molecule has 0 unspecified atom stereocenters. The minimum absolute atomic E-state index is 0.114. The van der Waals surface area contributed by atoms with E-state index < -0.39 is 59.5 Å². The molecule has 4 aliphatic rings. The lowest BCUT2D eigenvalue weighted by atomic mass is 9.74. The number of anilines is 1. The zero-order chi connectivity index (χ0) is 31.0. The van der Waals surface area contributed by atoms with E-state index in [0.717, 1.165) is 0 Å². The number of aliphatic hydroxyl groups excluding tert-OH is 1. The molecule has 5 bridgehead atoms. The van der Waals surface area contributed by atoms with Crippen molar-refractivity contribution in [2.24, 2.45) is 11.8 Å². The highest BCUT2D eigenvalue weighted by Gasteiger charge is 2.73. The lowest BCUT2D eigenvalue weighted by Crippen LogP contribution is -2.56. The molecule has 3 amide bonds. The molecule has 10 nitrogen and oxygen atoms in total. The average molecular weight is 620 g/mol. The van der Waals surface area contributed by atoms with Gasteiger partial charge in [-0.05, 0) is 43.2 Å². The highest BCUT2D eigenvalue weighted by molar-refractivity contribution is 6.30. The largest absolute Gasteiger partial charge is 0.455 e. The fraction of sp³-hybridized carbons (Fsp3) is 0.394. The molecule has 2 aromatic rings. The molecular formula is C33H34ClN3O7. The van der Waals surface area contributed by atoms with Crippen LogP contribution in [-0.4, -0.2) is 77.2 Å². The number of nitrogens with zero attached hydrogens (tertiary/aromatic N) is 2. The van der Waals surface area contributed by atoms with E-state index in [4.69, 9.17) is 21.1 Å². The summed E-state index contributed by atoms with van der Waals surface area (Å²) < 4.78 is 12.5. The van der Waals surface area contributed by atoms with E-state index in [1.165, 1.54) is 9.80 Å². The topological polar surface area (TPSA) is 125 Å². The van der Waals surface area contributed by atoms with Gasteiger partial charge in [-0.1, -0.05) is 66.2 Å². The van der Waals surface area contributed by atoms with Crippen molar-refractivity contribution in [1.29, 1.82) is 0 Å². The summed E-state index contributed by atoms with van der Waals surface area (Å²) in [6.07, 6.45) is 6.04. The van der Waals surface area contributed by atoms with E-state index in [-0.39, 0.29) is 32.0 Å². The van der Waals surface area contributed by atoms with Gasteiger partial charge in [-0.15, -0.1) is 0 Å². The van der Waals surface area contributed by atoms with E-state index in [1.807, 2.05) is 36.4 Å². The number of rotatable bonds is 4. The standard InChI is InChI=1S/C33H34ClN3O7/c1-20-28(21-8-4-2-5-9-21)43-32(42)26-24-15-16-33(44-24)27(26)30(40)37(18-19-38)29(33)31(41)36(23-13-11-22(34)12-14-23)17-7-3-6-10-25(39)35-20/h2-5,7-9,11-16,20,24,26-29,38H,6,10,17-19H2,1H3,(H,35,39)/b7-3-/t20-,24+,26-,27-,28+,29+,33-/m0/s1. The second-order valence-electron chi connectivity index (χ2n) is 11.5. The molecule has 2 N–H and O–H groups in total. The van der Waals surface area contributed by atoms with E-state index >= 15 is 0 Å². The van der Waals surface area contributed by atoms with Gasteiger partial charge in [-0.2, -0.15) is 0 Å². The number of nitrogens with one attached hydrogen (secondary N) is 1. The Labute approximate surface area is 260 Å². The first-order chi connectivity index (χ1) is 21.2. The molecule has 0 saturated carbocycles. The van der Waals surface area contributed by atoms with Crippen molar-refractivity contribution in [3.63, 3.8) is 0 Å². The molecule has 7 atom stereocenters. The summed E-state index contributed by atoms with van der Waals surface area (Å²) >= 11 is 6.13. The molecular weight excluding hydrogens is 586 g/mol. The van der Waals surface area contributed by atoms with Crippen molar-refractivity contribution in [3.05, 3.63) is 89.5 Å². The van der Waals surface area contributed by atoms with E-state index in [2.05, 4.69) is 5.32 Å². The number of fused-ring (bicyclic) bond motifs is 2. The van der Waals surface area contributed by atoms with Gasteiger partial charge in [-0.3, -0.25) is 19.2 Å². The number of ether oxygens (including phenoxy) is 2. The Morgan fingerprint density at radius 2 is 1.77 bits per heavy atom. The molecule has 4 heterocycles. The average Bonchev–Trinajstić information content (AvgIpc) is 3.65. The summed E-state index contributed by atoms with van der Waals surface area (Å²) in [7, 11) is 0. The Hall–Kier alpha value is -3.99. The summed E-state index contributed by atoms with van der Waals surface area (Å²) in [5, 5.41) is 13.4. The Balaban J connectivity index is 1.43. The molecule has 230 valence electrons. The molecule has 1 spiro atoms.